The summed E-state index contributed by atoms with van der Waals surface area (Å²) in [7, 11) is 1.33. The molecule has 0 spiro atoms. The van der Waals surface area contributed by atoms with E-state index in [9.17, 15) is 4.79 Å². The summed E-state index contributed by atoms with van der Waals surface area (Å²) in [4.78, 5) is 11.6. The van der Waals surface area contributed by atoms with Gasteiger partial charge in [-0.2, -0.15) is 5.10 Å². The highest BCUT2D eigenvalue weighted by atomic mass is 32.2. The fourth-order valence-corrected chi connectivity index (χ4v) is 3.14. The van der Waals surface area contributed by atoms with Crippen molar-refractivity contribution in [2.45, 2.75) is 31.7 Å². The summed E-state index contributed by atoms with van der Waals surface area (Å²) in [5.41, 5.74) is 2.20. The van der Waals surface area contributed by atoms with Gasteiger partial charge in [-0.15, -0.1) is 10.2 Å². The first-order chi connectivity index (χ1) is 11.9. The van der Waals surface area contributed by atoms with Crippen LogP contribution in [-0.2, 0) is 10.5 Å². The van der Waals surface area contributed by atoms with Crippen LogP contribution in [0.25, 0.3) is 5.95 Å². The Morgan fingerprint density at radius 2 is 2.08 bits per heavy atom. The maximum Gasteiger partial charge on any atom is 0.341 e. The highest BCUT2D eigenvalue weighted by Gasteiger charge is 2.18. The first kappa shape index (κ1) is 17.1. The van der Waals surface area contributed by atoms with E-state index in [0.29, 0.717) is 33.9 Å². The van der Waals surface area contributed by atoms with Crippen molar-refractivity contribution in [3.05, 3.63) is 40.6 Å². The van der Waals surface area contributed by atoms with Gasteiger partial charge in [0.2, 0.25) is 5.16 Å². The van der Waals surface area contributed by atoms with Gasteiger partial charge >= 0.3 is 5.97 Å². The Hall–Kier alpha value is -2.75. The number of rotatable bonds is 5. The summed E-state index contributed by atoms with van der Waals surface area (Å²) < 4.78 is 13.3. The second-order valence-electron chi connectivity index (χ2n) is 5.45. The molecule has 10 heteroatoms. The Morgan fingerprint density at radius 1 is 1.32 bits per heavy atom. The summed E-state index contributed by atoms with van der Waals surface area (Å²) >= 11 is 1.35. The molecule has 2 N–H and O–H groups in total. The fraction of sp³-hybridized carbons (Fsp3) is 0.333. The Labute approximate surface area is 148 Å². The second kappa shape index (κ2) is 6.63. The zero-order valence-electron chi connectivity index (χ0n) is 14.3. The van der Waals surface area contributed by atoms with Gasteiger partial charge in [0.1, 0.15) is 17.1 Å². The molecule has 0 aliphatic rings. The summed E-state index contributed by atoms with van der Waals surface area (Å²) in [6, 6.07) is 3.59. The van der Waals surface area contributed by atoms with Crippen LogP contribution in [0.3, 0.4) is 0 Å². The quantitative estimate of drug-likeness (QED) is 0.415. The van der Waals surface area contributed by atoms with E-state index in [1.54, 1.807) is 17.7 Å². The predicted octanol–water partition coefficient (Wildman–Crippen LogP) is 1.77. The van der Waals surface area contributed by atoms with E-state index in [1.807, 2.05) is 19.9 Å². The Balaban J connectivity index is 1.77. The average molecular weight is 362 g/mol. The van der Waals surface area contributed by atoms with Crippen LogP contribution in [0.2, 0.25) is 0 Å². The molecule has 3 rings (SSSR count). The van der Waals surface area contributed by atoms with Crippen molar-refractivity contribution in [1.29, 1.82) is 0 Å². The van der Waals surface area contributed by atoms with Gasteiger partial charge in [0.15, 0.2) is 0 Å². The molecule has 0 bridgehead atoms. The molecule has 0 saturated heterocycles. The van der Waals surface area contributed by atoms with Crippen LogP contribution in [0.4, 0.5) is 0 Å². The van der Waals surface area contributed by atoms with Gasteiger partial charge in [-0.1, -0.05) is 11.8 Å². The Kier molecular flexibility index (Phi) is 4.53. The third-order valence-corrected chi connectivity index (χ3v) is 4.53. The maximum atomic E-state index is 11.6. The first-order valence-corrected chi connectivity index (χ1v) is 8.43. The highest BCUT2D eigenvalue weighted by Crippen LogP contribution is 2.25. The van der Waals surface area contributed by atoms with Crippen LogP contribution in [0, 0.1) is 20.8 Å². The molecule has 132 valence electrons. The zero-order valence-corrected chi connectivity index (χ0v) is 15.1. The molecule has 25 heavy (non-hydrogen) atoms. The van der Waals surface area contributed by atoms with Crippen molar-refractivity contribution in [3.63, 3.8) is 0 Å². The molecule has 3 heterocycles. The number of aromatic nitrogens is 5. The van der Waals surface area contributed by atoms with E-state index in [2.05, 4.69) is 15.3 Å². The van der Waals surface area contributed by atoms with Crippen LogP contribution in [0.15, 0.2) is 21.7 Å². The number of nitrogen functional groups attached to an aromatic ring is 1. The van der Waals surface area contributed by atoms with Crippen molar-refractivity contribution >= 4 is 17.7 Å². The summed E-state index contributed by atoms with van der Waals surface area (Å²) in [5, 5.41) is 13.1. The molecule has 0 aliphatic heterocycles. The monoisotopic (exact) mass is 362 g/mol. The van der Waals surface area contributed by atoms with Gasteiger partial charge in [-0.3, -0.25) is 0 Å². The number of nitrogens with two attached hydrogens (primary N) is 1. The fourth-order valence-electron chi connectivity index (χ4n) is 2.41. The first-order valence-electron chi connectivity index (χ1n) is 7.45. The lowest BCUT2D eigenvalue weighted by atomic mass is 10.2. The smallest absolute Gasteiger partial charge is 0.341 e. The number of thioether (sulfide) groups is 1. The number of carbonyl (C=O) groups is 1. The minimum Gasteiger partial charge on any atom is -0.465 e. The molecule has 0 fully saturated rings. The van der Waals surface area contributed by atoms with Gasteiger partial charge in [0, 0.05) is 5.69 Å². The molecule has 3 aromatic heterocycles. The summed E-state index contributed by atoms with van der Waals surface area (Å²) in [5.74, 6) is 7.68. The lowest BCUT2D eigenvalue weighted by molar-refractivity contribution is 0.0599. The Morgan fingerprint density at radius 3 is 2.72 bits per heavy atom. The van der Waals surface area contributed by atoms with E-state index >= 15 is 0 Å². The van der Waals surface area contributed by atoms with Crippen molar-refractivity contribution in [2.75, 3.05) is 13.0 Å². The molecule has 0 aromatic carbocycles. The molecule has 0 aliphatic carbocycles. The van der Waals surface area contributed by atoms with Crippen LogP contribution < -0.4 is 5.84 Å². The third kappa shape index (κ3) is 3.25. The van der Waals surface area contributed by atoms with Crippen molar-refractivity contribution < 1.29 is 13.9 Å². The van der Waals surface area contributed by atoms with E-state index in [1.165, 1.54) is 23.5 Å². The van der Waals surface area contributed by atoms with E-state index < -0.39 is 5.97 Å². The lowest BCUT2D eigenvalue weighted by Crippen LogP contribution is -2.17. The molecule has 3 aromatic rings. The number of aryl methyl sites for hydroxylation is 3. The van der Waals surface area contributed by atoms with Gasteiger partial charge < -0.3 is 15.0 Å². The van der Waals surface area contributed by atoms with Crippen LogP contribution in [-0.4, -0.2) is 37.7 Å². The maximum absolute atomic E-state index is 11.6. The van der Waals surface area contributed by atoms with E-state index in [4.69, 9.17) is 15.0 Å². The van der Waals surface area contributed by atoms with Crippen LogP contribution in [0.5, 0.6) is 0 Å². The number of nitrogens with zero attached hydrogens (tertiary/aromatic N) is 5. The van der Waals surface area contributed by atoms with Crippen molar-refractivity contribution in [3.8, 4) is 5.95 Å². The molecule has 0 atom stereocenters. The van der Waals surface area contributed by atoms with Crippen LogP contribution in [0.1, 0.15) is 33.3 Å². The molecule has 0 saturated carbocycles. The number of furan rings is 1. The van der Waals surface area contributed by atoms with Crippen molar-refractivity contribution in [2.24, 2.45) is 0 Å². The third-order valence-electron chi connectivity index (χ3n) is 3.56. The predicted molar refractivity (Wildman–Crippen MR) is 91.1 cm³/mol. The normalized spacial score (nSPS) is 11.0. The molecular formula is C15H18N6O3S. The van der Waals surface area contributed by atoms with E-state index in [-0.39, 0.29) is 0 Å². The molecule has 0 amide bonds. The van der Waals surface area contributed by atoms with Gasteiger partial charge in [-0.05, 0) is 32.9 Å². The van der Waals surface area contributed by atoms with E-state index in [0.717, 1.165) is 11.4 Å². The Bertz CT molecular complexity index is 926. The minimum atomic E-state index is -0.425. The number of methoxy groups -OCH3 is 1. The zero-order chi connectivity index (χ0) is 18.1. The lowest BCUT2D eigenvalue weighted by Gasteiger charge is -2.04. The number of hydrogen-bond donors (Lipinski definition) is 1. The second-order valence-corrected chi connectivity index (χ2v) is 6.40. The number of hydrogen-bond acceptors (Lipinski definition) is 8. The minimum absolute atomic E-state index is 0.413. The largest absolute Gasteiger partial charge is 0.465 e. The number of carbonyl (C=O) groups excluding carboxylic acids is 1. The number of ether oxygens (including phenoxy) is 1. The van der Waals surface area contributed by atoms with Gasteiger partial charge in [0.05, 0.1) is 18.6 Å². The van der Waals surface area contributed by atoms with Crippen LogP contribution >= 0.6 is 11.8 Å². The SMILES string of the molecule is COC(=O)c1cc(CSc2nnc(-n3nc(C)cc3C)n2N)oc1C. The van der Waals surface area contributed by atoms with Gasteiger partial charge in [0.25, 0.3) is 5.95 Å². The molecular weight excluding hydrogens is 344 g/mol. The number of esters is 1. The standard InChI is InChI=1S/C15H18N6O3S/c1-8-5-9(2)21(19-8)14-17-18-15(20(14)16)25-7-11-6-12(10(3)24-11)13(22)23-4/h5-6H,7,16H2,1-4H3. The topological polar surface area (TPSA) is 114 Å². The van der Waals surface area contributed by atoms with Gasteiger partial charge in [-0.25, -0.2) is 14.2 Å². The summed E-state index contributed by atoms with van der Waals surface area (Å²) in [6.45, 7) is 5.53. The molecule has 9 nitrogen and oxygen atoms in total. The van der Waals surface area contributed by atoms with Crippen molar-refractivity contribution in [1.82, 2.24) is 24.7 Å². The average Bonchev–Trinajstić information content (AvgIpc) is 3.22. The summed E-state index contributed by atoms with van der Waals surface area (Å²) in [6.07, 6.45) is 0. The molecule has 0 unspecified atom stereocenters. The highest BCUT2D eigenvalue weighted by molar-refractivity contribution is 7.98. The molecule has 0 radical (unpaired) electrons.